The number of benzene rings is 1. The van der Waals surface area contributed by atoms with Crippen molar-refractivity contribution in [3.8, 4) is 11.4 Å². The molecule has 0 aliphatic heterocycles. The van der Waals surface area contributed by atoms with Crippen LogP contribution in [0.3, 0.4) is 0 Å². The van der Waals surface area contributed by atoms with E-state index in [0.29, 0.717) is 24.8 Å². The summed E-state index contributed by atoms with van der Waals surface area (Å²) in [7, 11) is 1.61. The summed E-state index contributed by atoms with van der Waals surface area (Å²) in [6, 6.07) is 9.85. The van der Waals surface area contributed by atoms with Crippen LogP contribution >= 0.6 is 0 Å². The number of nitrogens with one attached hydrogen (secondary N) is 3. The molecule has 7 nitrogen and oxygen atoms in total. The molecule has 0 saturated heterocycles. The molecule has 29 heavy (non-hydrogen) atoms. The van der Waals surface area contributed by atoms with Crippen LogP contribution in [-0.4, -0.2) is 47.2 Å². The van der Waals surface area contributed by atoms with Crippen LogP contribution in [0, 0.1) is 0 Å². The van der Waals surface area contributed by atoms with Gasteiger partial charge >= 0.3 is 0 Å². The molecule has 1 amide bonds. The number of anilines is 1. The van der Waals surface area contributed by atoms with Gasteiger partial charge in [0.1, 0.15) is 11.3 Å². The SMILES string of the molecule is COCCNC(=O)c1cccc(-c2nc3c(NC4CCCCC4)nccc3[nH]2)c1. The topological polar surface area (TPSA) is 91.9 Å². The minimum Gasteiger partial charge on any atom is -0.383 e. The van der Waals surface area contributed by atoms with Crippen LogP contribution in [0.15, 0.2) is 36.5 Å². The molecule has 4 rings (SSSR count). The highest BCUT2D eigenvalue weighted by atomic mass is 16.5. The van der Waals surface area contributed by atoms with E-state index in [1.165, 1.54) is 32.1 Å². The summed E-state index contributed by atoms with van der Waals surface area (Å²) in [6.45, 7) is 0.963. The molecule has 2 heterocycles. The molecule has 1 aromatic carbocycles. The van der Waals surface area contributed by atoms with Gasteiger partial charge in [-0.3, -0.25) is 4.79 Å². The minimum absolute atomic E-state index is 0.124. The summed E-state index contributed by atoms with van der Waals surface area (Å²) in [6.07, 6.45) is 8.00. The second kappa shape index (κ2) is 9.05. The Morgan fingerprint density at radius 2 is 2.10 bits per heavy atom. The zero-order valence-corrected chi connectivity index (χ0v) is 16.7. The van der Waals surface area contributed by atoms with Crippen molar-refractivity contribution in [1.82, 2.24) is 20.3 Å². The summed E-state index contributed by atoms with van der Waals surface area (Å²) in [4.78, 5) is 25.0. The minimum atomic E-state index is -0.124. The van der Waals surface area contributed by atoms with Crippen LogP contribution in [-0.2, 0) is 4.74 Å². The quantitative estimate of drug-likeness (QED) is 0.532. The van der Waals surface area contributed by atoms with Gasteiger partial charge in [-0.1, -0.05) is 31.4 Å². The number of rotatable bonds is 7. The maximum Gasteiger partial charge on any atom is 0.251 e. The lowest BCUT2D eigenvalue weighted by Crippen LogP contribution is -2.26. The predicted molar refractivity (Wildman–Crippen MR) is 114 cm³/mol. The van der Waals surface area contributed by atoms with Crippen molar-refractivity contribution in [3.05, 3.63) is 42.1 Å². The fraction of sp³-hybridized carbons (Fsp3) is 0.409. The highest BCUT2D eigenvalue weighted by molar-refractivity contribution is 5.95. The van der Waals surface area contributed by atoms with Crippen LogP contribution in [0.2, 0.25) is 0 Å². The van der Waals surface area contributed by atoms with Gasteiger partial charge in [0.25, 0.3) is 5.91 Å². The molecular formula is C22H27N5O2. The number of hydrogen-bond acceptors (Lipinski definition) is 5. The first-order valence-corrected chi connectivity index (χ1v) is 10.2. The number of aromatic amines is 1. The molecule has 1 aliphatic rings. The van der Waals surface area contributed by atoms with Gasteiger partial charge in [-0.05, 0) is 31.0 Å². The van der Waals surface area contributed by atoms with Crippen LogP contribution in [0.25, 0.3) is 22.4 Å². The Morgan fingerprint density at radius 3 is 2.93 bits per heavy atom. The molecule has 152 valence electrons. The number of imidazole rings is 1. The second-order valence-electron chi connectivity index (χ2n) is 7.45. The fourth-order valence-electron chi connectivity index (χ4n) is 3.79. The molecule has 3 N–H and O–H groups in total. The number of amides is 1. The van der Waals surface area contributed by atoms with Crippen LogP contribution in [0.4, 0.5) is 5.82 Å². The van der Waals surface area contributed by atoms with E-state index in [4.69, 9.17) is 9.72 Å². The molecule has 0 spiro atoms. The number of fused-ring (bicyclic) bond motifs is 1. The molecular weight excluding hydrogens is 366 g/mol. The highest BCUT2D eigenvalue weighted by Crippen LogP contribution is 2.27. The summed E-state index contributed by atoms with van der Waals surface area (Å²) < 4.78 is 4.98. The van der Waals surface area contributed by atoms with E-state index in [9.17, 15) is 4.79 Å². The Hall–Kier alpha value is -2.93. The zero-order chi connectivity index (χ0) is 20.1. The predicted octanol–water partition coefficient (Wildman–Crippen LogP) is 3.75. The summed E-state index contributed by atoms with van der Waals surface area (Å²) in [5.41, 5.74) is 3.23. The van der Waals surface area contributed by atoms with Crippen LogP contribution in [0.5, 0.6) is 0 Å². The number of pyridine rings is 1. The Morgan fingerprint density at radius 1 is 1.24 bits per heavy atom. The molecule has 0 atom stereocenters. The number of ether oxygens (including phenoxy) is 1. The first-order valence-electron chi connectivity index (χ1n) is 10.2. The number of nitrogens with zero attached hydrogens (tertiary/aromatic N) is 2. The van der Waals surface area contributed by atoms with Gasteiger partial charge in [-0.15, -0.1) is 0 Å². The highest BCUT2D eigenvalue weighted by Gasteiger charge is 2.17. The Balaban J connectivity index is 1.57. The number of H-pyrrole nitrogens is 1. The maximum absolute atomic E-state index is 12.3. The third-order valence-electron chi connectivity index (χ3n) is 5.34. The average molecular weight is 393 g/mol. The van der Waals surface area contributed by atoms with Crippen molar-refractivity contribution in [1.29, 1.82) is 0 Å². The third-order valence-corrected chi connectivity index (χ3v) is 5.34. The van der Waals surface area contributed by atoms with E-state index in [2.05, 4.69) is 20.6 Å². The number of methoxy groups -OCH3 is 1. The van der Waals surface area contributed by atoms with E-state index in [1.807, 2.05) is 24.3 Å². The number of aromatic nitrogens is 3. The van der Waals surface area contributed by atoms with E-state index in [1.54, 1.807) is 19.4 Å². The fourth-order valence-corrected chi connectivity index (χ4v) is 3.79. The van der Waals surface area contributed by atoms with Gasteiger partial charge in [0.05, 0.1) is 12.1 Å². The summed E-state index contributed by atoms with van der Waals surface area (Å²) >= 11 is 0. The molecule has 2 aromatic heterocycles. The van der Waals surface area contributed by atoms with Gasteiger partial charge in [-0.2, -0.15) is 0 Å². The lowest BCUT2D eigenvalue weighted by atomic mass is 9.95. The molecule has 7 heteroatoms. The second-order valence-corrected chi connectivity index (χ2v) is 7.45. The van der Waals surface area contributed by atoms with Crippen molar-refractivity contribution in [3.63, 3.8) is 0 Å². The summed E-state index contributed by atoms with van der Waals surface area (Å²) in [5, 5.41) is 6.42. The van der Waals surface area contributed by atoms with E-state index >= 15 is 0 Å². The summed E-state index contributed by atoms with van der Waals surface area (Å²) in [5.74, 6) is 1.43. The lowest BCUT2D eigenvalue weighted by molar-refractivity contribution is 0.0937. The monoisotopic (exact) mass is 393 g/mol. The molecule has 0 unspecified atom stereocenters. The molecule has 1 saturated carbocycles. The molecule has 1 aliphatic carbocycles. The lowest BCUT2D eigenvalue weighted by Gasteiger charge is -2.23. The van der Waals surface area contributed by atoms with Crippen LogP contribution < -0.4 is 10.6 Å². The normalized spacial score (nSPS) is 14.8. The number of hydrogen-bond donors (Lipinski definition) is 3. The molecule has 0 radical (unpaired) electrons. The van der Waals surface area contributed by atoms with Gasteiger partial charge in [0.2, 0.25) is 0 Å². The van der Waals surface area contributed by atoms with Crippen molar-refractivity contribution in [2.24, 2.45) is 0 Å². The van der Waals surface area contributed by atoms with E-state index < -0.39 is 0 Å². The number of carbonyl (C=O) groups is 1. The van der Waals surface area contributed by atoms with Crippen molar-refractivity contribution >= 4 is 22.8 Å². The maximum atomic E-state index is 12.3. The van der Waals surface area contributed by atoms with Gasteiger partial charge < -0.3 is 20.4 Å². The Kier molecular flexibility index (Phi) is 6.05. The van der Waals surface area contributed by atoms with E-state index in [-0.39, 0.29) is 5.91 Å². The first-order chi connectivity index (χ1) is 14.2. The third kappa shape index (κ3) is 4.56. The first kappa shape index (κ1) is 19.4. The Bertz CT molecular complexity index is 978. The van der Waals surface area contributed by atoms with Gasteiger partial charge in [0, 0.05) is 37.0 Å². The molecule has 1 fully saturated rings. The molecule has 3 aromatic rings. The standard InChI is InChI=1S/C22H27N5O2/c1-29-13-12-24-22(28)16-7-5-6-15(14-16)20-26-18-10-11-23-21(19(18)27-20)25-17-8-3-2-4-9-17/h5-7,10-11,14,17H,2-4,8-9,12-13H2,1H3,(H,23,25)(H,24,28)(H,26,27). The van der Waals surface area contributed by atoms with Gasteiger partial charge in [0.15, 0.2) is 5.82 Å². The smallest absolute Gasteiger partial charge is 0.251 e. The van der Waals surface area contributed by atoms with Crippen molar-refractivity contribution in [2.45, 2.75) is 38.1 Å². The number of carbonyl (C=O) groups excluding carboxylic acids is 1. The average Bonchev–Trinajstić information content (AvgIpc) is 3.20. The largest absolute Gasteiger partial charge is 0.383 e. The zero-order valence-electron chi connectivity index (χ0n) is 16.7. The van der Waals surface area contributed by atoms with Gasteiger partial charge in [-0.25, -0.2) is 9.97 Å². The van der Waals surface area contributed by atoms with E-state index in [0.717, 1.165) is 28.2 Å². The van der Waals surface area contributed by atoms with Crippen LogP contribution in [0.1, 0.15) is 42.5 Å². The van der Waals surface area contributed by atoms with Crippen molar-refractivity contribution < 1.29 is 9.53 Å². The molecule has 0 bridgehead atoms. The Labute approximate surface area is 170 Å². The van der Waals surface area contributed by atoms with Crippen molar-refractivity contribution in [2.75, 3.05) is 25.6 Å².